The maximum Gasteiger partial charge on any atom is 0.162 e. The lowest BCUT2D eigenvalue weighted by atomic mass is 9.82. The number of ketones is 1. The molecule has 0 aromatic heterocycles. The Morgan fingerprint density at radius 2 is 1.93 bits per heavy atom. The van der Waals surface area contributed by atoms with Gasteiger partial charge in [-0.15, -0.1) is 24.8 Å². The van der Waals surface area contributed by atoms with Crippen LogP contribution in [0.4, 0.5) is 0 Å². The van der Waals surface area contributed by atoms with Crippen molar-refractivity contribution in [3.8, 4) is 0 Å². The van der Waals surface area contributed by atoms with Gasteiger partial charge in [-0.1, -0.05) is 45.0 Å². The molecule has 0 spiro atoms. The van der Waals surface area contributed by atoms with Crippen molar-refractivity contribution >= 4 is 30.6 Å². The number of carbonyl (C=O) groups excluding carboxylic acids is 1. The lowest BCUT2D eigenvalue weighted by Crippen LogP contribution is -2.36. The smallest absolute Gasteiger partial charge is 0.162 e. The highest BCUT2D eigenvalue weighted by atomic mass is 35.5. The minimum atomic E-state index is 0. The van der Waals surface area contributed by atoms with Gasteiger partial charge in [0.2, 0.25) is 0 Å². The van der Waals surface area contributed by atoms with E-state index in [2.05, 4.69) is 43.1 Å². The Morgan fingerprint density at radius 1 is 1.26 bits per heavy atom. The van der Waals surface area contributed by atoms with E-state index in [1.165, 1.54) is 5.56 Å². The number of Topliss-reactive ketones (excluding diaryl/α,β-unsaturated/α-hetero) is 1. The van der Waals surface area contributed by atoms with Gasteiger partial charge in [-0.05, 0) is 36.4 Å². The minimum absolute atomic E-state index is 0. The van der Waals surface area contributed by atoms with Crippen LogP contribution in [0.2, 0.25) is 0 Å². The number of carbonyl (C=O) groups is 1. The highest BCUT2D eigenvalue weighted by molar-refractivity contribution is 5.96. The van der Waals surface area contributed by atoms with Crippen molar-refractivity contribution in [2.45, 2.75) is 39.0 Å². The average molecular weight is 417 g/mol. The first-order valence-corrected chi connectivity index (χ1v) is 9.52. The molecule has 27 heavy (non-hydrogen) atoms. The largest absolute Gasteiger partial charge is 0.396 e. The van der Waals surface area contributed by atoms with Gasteiger partial charge in [0.25, 0.3) is 0 Å². The third kappa shape index (κ3) is 5.45. The van der Waals surface area contributed by atoms with Crippen LogP contribution in [0.25, 0.3) is 0 Å². The normalized spacial score (nSPS) is 24.8. The monoisotopic (exact) mass is 416 g/mol. The zero-order valence-corrected chi connectivity index (χ0v) is 18.3. The molecule has 0 amide bonds. The number of nitrogens with zero attached hydrogens (tertiary/aromatic N) is 1. The van der Waals surface area contributed by atoms with Crippen LogP contribution in [0.15, 0.2) is 24.3 Å². The van der Waals surface area contributed by atoms with Gasteiger partial charge in [0.15, 0.2) is 5.78 Å². The number of aliphatic hydroxyl groups excluding tert-OH is 1. The van der Waals surface area contributed by atoms with E-state index < -0.39 is 0 Å². The Bertz CT molecular complexity index is 616. The summed E-state index contributed by atoms with van der Waals surface area (Å²) in [5, 5.41) is 13.2. The van der Waals surface area contributed by atoms with Crippen LogP contribution >= 0.6 is 24.8 Å². The molecule has 2 heterocycles. The first kappa shape index (κ1) is 24.4. The maximum atomic E-state index is 12.4. The van der Waals surface area contributed by atoms with Gasteiger partial charge in [0, 0.05) is 37.0 Å². The predicted octanol–water partition coefficient (Wildman–Crippen LogP) is 3.30. The number of hydrogen-bond donors (Lipinski definition) is 2. The van der Waals surface area contributed by atoms with Gasteiger partial charge in [-0.3, -0.25) is 4.79 Å². The van der Waals surface area contributed by atoms with Crippen molar-refractivity contribution in [2.24, 2.45) is 11.3 Å². The molecule has 0 radical (unpaired) electrons. The lowest BCUT2D eigenvalue weighted by molar-refractivity contribution is 0.0972. The molecule has 2 aliphatic heterocycles. The molecule has 0 bridgehead atoms. The Morgan fingerprint density at radius 3 is 2.48 bits per heavy atom. The zero-order chi connectivity index (χ0) is 18.1. The van der Waals surface area contributed by atoms with Crippen molar-refractivity contribution in [3.63, 3.8) is 0 Å². The Balaban J connectivity index is 0.00000182. The molecule has 154 valence electrons. The number of benzene rings is 1. The van der Waals surface area contributed by atoms with Crippen molar-refractivity contribution < 1.29 is 9.90 Å². The lowest BCUT2D eigenvalue weighted by Gasteiger charge is -2.25. The topological polar surface area (TPSA) is 52.6 Å². The number of likely N-dealkylation sites (tertiary alicyclic amines) is 1. The van der Waals surface area contributed by atoms with Crippen molar-refractivity contribution in [3.05, 3.63) is 35.4 Å². The number of fused-ring (bicyclic) bond motifs is 1. The Hall–Kier alpha value is -0.650. The molecular formula is C21H34Cl2N2O2. The molecule has 2 N–H and O–H groups in total. The van der Waals surface area contributed by atoms with Crippen molar-refractivity contribution in [2.75, 3.05) is 39.3 Å². The number of hydrogen-bond acceptors (Lipinski definition) is 4. The van der Waals surface area contributed by atoms with Crippen molar-refractivity contribution in [1.29, 1.82) is 0 Å². The number of aliphatic hydroxyl groups is 1. The van der Waals surface area contributed by atoms with E-state index in [-0.39, 0.29) is 48.0 Å². The van der Waals surface area contributed by atoms with E-state index in [9.17, 15) is 9.90 Å². The summed E-state index contributed by atoms with van der Waals surface area (Å²) in [5.74, 6) is 0.788. The van der Waals surface area contributed by atoms with Crippen molar-refractivity contribution in [1.82, 2.24) is 10.2 Å². The van der Waals surface area contributed by atoms with Gasteiger partial charge in [0.05, 0.1) is 6.61 Å². The minimum Gasteiger partial charge on any atom is -0.396 e. The van der Waals surface area contributed by atoms with E-state index >= 15 is 0 Å². The molecule has 2 saturated heterocycles. The average Bonchev–Trinajstić information content (AvgIpc) is 3.11. The fraction of sp³-hybridized carbons (Fsp3) is 0.667. The second kappa shape index (κ2) is 9.71. The van der Waals surface area contributed by atoms with Crippen LogP contribution in [0.1, 0.15) is 49.5 Å². The van der Waals surface area contributed by atoms with E-state index in [4.69, 9.17) is 0 Å². The van der Waals surface area contributed by atoms with Crippen LogP contribution in [-0.4, -0.2) is 55.1 Å². The molecular weight excluding hydrogens is 383 g/mol. The molecule has 2 atom stereocenters. The van der Waals surface area contributed by atoms with E-state index in [0.29, 0.717) is 12.3 Å². The molecule has 2 fully saturated rings. The van der Waals surface area contributed by atoms with E-state index in [0.717, 1.165) is 44.7 Å². The summed E-state index contributed by atoms with van der Waals surface area (Å²) < 4.78 is 0. The summed E-state index contributed by atoms with van der Waals surface area (Å²) in [6.45, 7) is 11.7. The Kier molecular flexibility index (Phi) is 8.77. The van der Waals surface area contributed by atoms with Crippen LogP contribution in [0.3, 0.4) is 0 Å². The van der Waals surface area contributed by atoms with Crippen LogP contribution in [-0.2, 0) is 5.41 Å². The number of halogens is 2. The second-order valence-electron chi connectivity index (χ2n) is 8.94. The zero-order valence-electron chi connectivity index (χ0n) is 16.7. The van der Waals surface area contributed by atoms with Gasteiger partial charge in [0.1, 0.15) is 0 Å². The molecule has 1 aromatic carbocycles. The van der Waals surface area contributed by atoms with Crippen LogP contribution in [0, 0.1) is 11.3 Å². The first-order valence-electron chi connectivity index (χ1n) is 9.52. The van der Waals surface area contributed by atoms with E-state index in [1.807, 2.05) is 12.1 Å². The maximum absolute atomic E-state index is 12.4. The molecule has 6 heteroatoms. The first-order chi connectivity index (χ1) is 11.8. The Labute approximate surface area is 175 Å². The quantitative estimate of drug-likeness (QED) is 0.698. The molecule has 2 aliphatic rings. The fourth-order valence-electron chi connectivity index (χ4n) is 4.29. The number of rotatable bonds is 6. The summed E-state index contributed by atoms with van der Waals surface area (Å²) >= 11 is 0. The molecule has 0 saturated carbocycles. The van der Waals surface area contributed by atoms with Crippen LogP contribution < -0.4 is 5.32 Å². The standard InChI is InChI=1S/C21H32N2O2.2ClH/c1-20(2,3)17-8-6-16(7-9-17)19(25)5-4-10-23-12-18-11-22-13-21(18,14-23)15-24;;/h6-9,18,22,24H,4-5,10-15H2,1-3H3;2*1H. The summed E-state index contributed by atoms with van der Waals surface area (Å²) in [6.07, 6.45) is 1.49. The van der Waals surface area contributed by atoms with E-state index in [1.54, 1.807) is 0 Å². The second-order valence-corrected chi connectivity index (χ2v) is 8.94. The fourth-order valence-corrected chi connectivity index (χ4v) is 4.29. The van der Waals surface area contributed by atoms with Gasteiger partial charge in [-0.2, -0.15) is 0 Å². The third-order valence-electron chi connectivity index (χ3n) is 6.02. The summed E-state index contributed by atoms with van der Waals surface area (Å²) in [7, 11) is 0. The molecule has 4 nitrogen and oxygen atoms in total. The predicted molar refractivity (Wildman–Crippen MR) is 116 cm³/mol. The third-order valence-corrected chi connectivity index (χ3v) is 6.02. The summed E-state index contributed by atoms with van der Waals surface area (Å²) in [5.41, 5.74) is 2.25. The highest BCUT2D eigenvalue weighted by Gasteiger charge is 2.48. The molecule has 0 aliphatic carbocycles. The summed E-state index contributed by atoms with van der Waals surface area (Å²) in [4.78, 5) is 14.9. The van der Waals surface area contributed by atoms with Gasteiger partial charge >= 0.3 is 0 Å². The van der Waals surface area contributed by atoms with Gasteiger partial charge in [-0.25, -0.2) is 0 Å². The highest BCUT2D eigenvalue weighted by Crippen LogP contribution is 2.38. The molecule has 1 aromatic rings. The molecule has 3 rings (SSSR count). The molecule has 2 unspecified atom stereocenters. The van der Waals surface area contributed by atoms with Crippen LogP contribution in [0.5, 0.6) is 0 Å². The SMILES string of the molecule is CC(C)(C)c1ccc(C(=O)CCCN2CC3CNCC3(CO)C2)cc1.Cl.Cl. The number of nitrogens with one attached hydrogen (secondary N) is 1. The summed E-state index contributed by atoms with van der Waals surface area (Å²) in [6, 6.07) is 8.09. The van der Waals surface area contributed by atoms with Gasteiger partial charge < -0.3 is 15.3 Å².